The molecule has 0 aromatic rings. The summed E-state index contributed by atoms with van der Waals surface area (Å²) >= 11 is 0. The summed E-state index contributed by atoms with van der Waals surface area (Å²) in [6.45, 7) is 4.37. The van der Waals surface area contributed by atoms with Crippen molar-refractivity contribution >= 4 is 6.29 Å². The van der Waals surface area contributed by atoms with E-state index in [-0.39, 0.29) is 0 Å². The maximum absolute atomic E-state index is 10.6. The highest BCUT2D eigenvalue weighted by Gasteiger charge is 2.19. The highest BCUT2D eigenvalue weighted by molar-refractivity contribution is 5.53. The van der Waals surface area contributed by atoms with E-state index >= 15 is 0 Å². The van der Waals surface area contributed by atoms with E-state index in [9.17, 15) is 4.79 Å². The van der Waals surface area contributed by atoms with Gasteiger partial charge in [0.25, 0.3) is 0 Å². The summed E-state index contributed by atoms with van der Waals surface area (Å²) in [5, 5.41) is 0. The molecule has 0 amide bonds. The average Bonchev–Trinajstić information content (AvgIpc) is 2.83. The standard InChI is InChI=1S/C13H23NO2/c15-11-12-5-8-14(9-6-12)7-1-3-13-4-2-10-16-13/h11-13H,1-10H2. The molecule has 0 spiro atoms. The number of aldehydes is 1. The van der Waals surface area contributed by atoms with Crippen molar-refractivity contribution in [3.63, 3.8) is 0 Å². The number of rotatable bonds is 5. The summed E-state index contributed by atoms with van der Waals surface area (Å²) in [5.74, 6) is 0.328. The van der Waals surface area contributed by atoms with E-state index in [1.54, 1.807) is 0 Å². The van der Waals surface area contributed by atoms with Crippen LogP contribution in [0.2, 0.25) is 0 Å². The van der Waals surface area contributed by atoms with Crippen LogP contribution in [0.5, 0.6) is 0 Å². The summed E-state index contributed by atoms with van der Waals surface area (Å²) in [5.41, 5.74) is 0. The minimum Gasteiger partial charge on any atom is -0.378 e. The van der Waals surface area contributed by atoms with Gasteiger partial charge in [0.15, 0.2) is 0 Å². The third kappa shape index (κ3) is 3.56. The molecule has 3 heteroatoms. The van der Waals surface area contributed by atoms with Crippen LogP contribution in [0.4, 0.5) is 0 Å². The SMILES string of the molecule is O=CC1CCN(CCCC2CCCO2)CC1. The van der Waals surface area contributed by atoms with Crippen LogP contribution < -0.4 is 0 Å². The quantitative estimate of drug-likeness (QED) is 0.669. The van der Waals surface area contributed by atoms with E-state index in [2.05, 4.69) is 4.90 Å². The first-order chi connectivity index (χ1) is 7.88. The van der Waals surface area contributed by atoms with Gasteiger partial charge in [-0.2, -0.15) is 0 Å². The zero-order valence-corrected chi connectivity index (χ0v) is 10.1. The third-order valence-electron chi connectivity index (χ3n) is 3.85. The first kappa shape index (κ1) is 12.1. The maximum atomic E-state index is 10.6. The molecule has 92 valence electrons. The Balaban J connectivity index is 1.54. The molecular formula is C13H23NO2. The van der Waals surface area contributed by atoms with Crippen LogP contribution in [0.15, 0.2) is 0 Å². The molecule has 2 fully saturated rings. The first-order valence-electron chi connectivity index (χ1n) is 6.68. The molecule has 0 aromatic carbocycles. The van der Waals surface area contributed by atoms with Crippen molar-refractivity contribution in [2.24, 2.45) is 5.92 Å². The summed E-state index contributed by atoms with van der Waals surface area (Å²) in [6, 6.07) is 0. The van der Waals surface area contributed by atoms with Crippen molar-refractivity contribution in [3.05, 3.63) is 0 Å². The molecule has 0 saturated carbocycles. The van der Waals surface area contributed by atoms with Gasteiger partial charge in [0.1, 0.15) is 6.29 Å². The molecule has 0 bridgehead atoms. The van der Waals surface area contributed by atoms with Crippen LogP contribution in [0.25, 0.3) is 0 Å². The van der Waals surface area contributed by atoms with E-state index in [0.29, 0.717) is 12.0 Å². The van der Waals surface area contributed by atoms with E-state index in [1.807, 2.05) is 0 Å². The topological polar surface area (TPSA) is 29.5 Å². The van der Waals surface area contributed by atoms with Crippen molar-refractivity contribution < 1.29 is 9.53 Å². The Kier molecular flexibility index (Phi) is 4.79. The predicted octanol–water partition coefficient (Wildman–Crippen LogP) is 1.86. The normalized spacial score (nSPS) is 28.4. The van der Waals surface area contributed by atoms with E-state index in [1.165, 1.54) is 32.2 Å². The van der Waals surface area contributed by atoms with Crippen molar-refractivity contribution in [2.75, 3.05) is 26.2 Å². The van der Waals surface area contributed by atoms with E-state index < -0.39 is 0 Å². The first-order valence-corrected chi connectivity index (χ1v) is 6.68. The van der Waals surface area contributed by atoms with Gasteiger partial charge in [0.05, 0.1) is 6.10 Å². The average molecular weight is 225 g/mol. The van der Waals surface area contributed by atoms with Crippen molar-refractivity contribution in [3.8, 4) is 0 Å². The zero-order valence-electron chi connectivity index (χ0n) is 10.1. The van der Waals surface area contributed by atoms with Gasteiger partial charge in [0.2, 0.25) is 0 Å². The van der Waals surface area contributed by atoms with E-state index in [4.69, 9.17) is 4.74 Å². The van der Waals surface area contributed by atoms with Crippen molar-refractivity contribution in [1.82, 2.24) is 4.90 Å². The summed E-state index contributed by atoms with van der Waals surface area (Å²) in [6.07, 6.45) is 8.75. The lowest BCUT2D eigenvalue weighted by Gasteiger charge is -2.29. The van der Waals surface area contributed by atoms with Gasteiger partial charge in [-0.05, 0) is 58.2 Å². The monoisotopic (exact) mass is 225 g/mol. The number of likely N-dealkylation sites (tertiary alicyclic amines) is 1. The van der Waals surface area contributed by atoms with Crippen LogP contribution >= 0.6 is 0 Å². The molecule has 0 aliphatic carbocycles. The smallest absolute Gasteiger partial charge is 0.123 e. The summed E-state index contributed by atoms with van der Waals surface area (Å²) in [4.78, 5) is 13.1. The second kappa shape index (κ2) is 6.36. The largest absolute Gasteiger partial charge is 0.378 e. The number of hydrogen-bond donors (Lipinski definition) is 0. The van der Waals surface area contributed by atoms with Crippen molar-refractivity contribution in [2.45, 2.75) is 44.6 Å². The molecule has 2 rings (SSSR count). The Morgan fingerprint density at radius 2 is 2.06 bits per heavy atom. The van der Waals surface area contributed by atoms with Gasteiger partial charge < -0.3 is 14.4 Å². The van der Waals surface area contributed by atoms with E-state index in [0.717, 1.165) is 38.8 Å². The molecular weight excluding hydrogens is 202 g/mol. The fraction of sp³-hybridized carbons (Fsp3) is 0.923. The molecule has 2 heterocycles. The molecule has 16 heavy (non-hydrogen) atoms. The number of carbonyl (C=O) groups is 1. The van der Waals surface area contributed by atoms with Crippen molar-refractivity contribution in [1.29, 1.82) is 0 Å². The lowest BCUT2D eigenvalue weighted by molar-refractivity contribution is -0.112. The lowest BCUT2D eigenvalue weighted by Crippen LogP contribution is -2.35. The van der Waals surface area contributed by atoms with Gasteiger partial charge in [-0.25, -0.2) is 0 Å². The molecule has 0 N–H and O–H groups in total. The van der Waals surface area contributed by atoms with Gasteiger partial charge in [-0.3, -0.25) is 0 Å². The number of piperidine rings is 1. The lowest BCUT2D eigenvalue weighted by atomic mass is 9.98. The Bertz CT molecular complexity index is 206. The van der Waals surface area contributed by atoms with Gasteiger partial charge in [-0.15, -0.1) is 0 Å². The molecule has 1 unspecified atom stereocenters. The third-order valence-corrected chi connectivity index (χ3v) is 3.85. The highest BCUT2D eigenvalue weighted by atomic mass is 16.5. The number of hydrogen-bond acceptors (Lipinski definition) is 3. The molecule has 2 aliphatic rings. The number of carbonyl (C=O) groups excluding carboxylic acids is 1. The molecule has 3 nitrogen and oxygen atoms in total. The zero-order chi connectivity index (χ0) is 11.2. The molecule has 2 aliphatic heterocycles. The highest BCUT2D eigenvalue weighted by Crippen LogP contribution is 2.19. The molecule has 2 saturated heterocycles. The number of nitrogens with zero attached hydrogens (tertiary/aromatic N) is 1. The van der Waals surface area contributed by atoms with Gasteiger partial charge >= 0.3 is 0 Å². The minimum absolute atomic E-state index is 0.328. The Hall–Kier alpha value is -0.410. The second-order valence-corrected chi connectivity index (χ2v) is 5.09. The predicted molar refractivity (Wildman–Crippen MR) is 63.4 cm³/mol. The van der Waals surface area contributed by atoms with Crippen LogP contribution in [0, 0.1) is 5.92 Å². The van der Waals surface area contributed by atoms with Gasteiger partial charge in [-0.1, -0.05) is 0 Å². The Morgan fingerprint density at radius 3 is 2.69 bits per heavy atom. The Labute approximate surface area is 98.1 Å². The summed E-state index contributed by atoms with van der Waals surface area (Å²) in [7, 11) is 0. The number of ether oxygens (including phenoxy) is 1. The Morgan fingerprint density at radius 1 is 1.25 bits per heavy atom. The molecule has 1 atom stereocenters. The summed E-state index contributed by atoms with van der Waals surface area (Å²) < 4.78 is 5.61. The fourth-order valence-electron chi connectivity index (χ4n) is 2.73. The van der Waals surface area contributed by atoms with Crippen LogP contribution in [-0.4, -0.2) is 43.5 Å². The van der Waals surface area contributed by atoms with Crippen LogP contribution in [0.1, 0.15) is 38.5 Å². The van der Waals surface area contributed by atoms with Gasteiger partial charge in [0, 0.05) is 12.5 Å². The minimum atomic E-state index is 0.328. The fourth-order valence-corrected chi connectivity index (χ4v) is 2.73. The second-order valence-electron chi connectivity index (χ2n) is 5.09. The van der Waals surface area contributed by atoms with Crippen LogP contribution in [0.3, 0.4) is 0 Å². The molecule has 0 radical (unpaired) electrons. The maximum Gasteiger partial charge on any atom is 0.123 e. The van der Waals surface area contributed by atoms with Crippen LogP contribution in [-0.2, 0) is 9.53 Å². The molecule has 0 aromatic heterocycles.